The molecule has 0 aromatic carbocycles. The number of hydrogen-bond acceptors (Lipinski definition) is 3. The summed E-state index contributed by atoms with van der Waals surface area (Å²) in [6, 6.07) is 4.19. The fourth-order valence-corrected chi connectivity index (χ4v) is 1.51. The fraction of sp³-hybridized carbons (Fsp3) is 0.545. The molecule has 5 heteroatoms. The second-order valence-electron chi connectivity index (χ2n) is 3.88. The summed E-state index contributed by atoms with van der Waals surface area (Å²) in [6.45, 7) is 6.75. The molecule has 92 valence electrons. The van der Waals surface area contributed by atoms with Gasteiger partial charge in [-0.15, -0.1) is 24.8 Å². The van der Waals surface area contributed by atoms with E-state index in [-0.39, 0.29) is 24.8 Å². The van der Waals surface area contributed by atoms with Crippen molar-refractivity contribution in [1.82, 2.24) is 10.3 Å². The lowest BCUT2D eigenvalue weighted by Crippen LogP contribution is -2.16. The van der Waals surface area contributed by atoms with Gasteiger partial charge in [0, 0.05) is 24.3 Å². The maximum absolute atomic E-state index is 5.57. The highest BCUT2D eigenvalue weighted by Crippen LogP contribution is 2.21. The third kappa shape index (κ3) is 3.51. The van der Waals surface area contributed by atoms with Crippen LogP contribution in [0.15, 0.2) is 12.1 Å². The first-order valence-electron chi connectivity index (χ1n) is 5.10. The van der Waals surface area contributed by atoms with Crippen LogP contribution in [-0.4, -0.2) is 18.1 Å². The van der Waals surface area contributed by atoms with Gasteiger partial charge in [0.2, 0.25) is 5.88 Å². The van der Waals surface area contributed by atoms with Gasteiger partial charge in [-0.1, -0.05) is 19.9 Å². The SMILES string of the molecule is CC(C)c1ccc2c(n1)OCCNC2.Cl.Cl. The zero-order valence-electron chi connectivity index (χ0n) is 9.53. The summed E-state index contributed by atoms with van der Waals surface area (Å²) < 4.78 is 5.57. The third-order valence-corrected chi connectivity index (χ3v) is 2.39. The molecule has 1 N–H and O–H groups in total. The van der Waals surface area contributed by atoms with Crippen molar-refractivity contribution in [3.63, 3.8) is 0 Å². The largest absolute Gasteiger partial charge is 0.476 e. The van der Waals surface area contributed by atoms with Gasteiger partial charge in [-0.05, 0) is 12.0 Å². The first-order chi connectivity index (χ1) is 6.77. The van der Waals surface area contributed by atoms with Crippen molar-refractivity contribution >= 4 is 24.8 Å². The standard InChI is InChI=1S/C11H16N2O.2ClH/c1-8(2)10-4-3-9-7-12-5-6-14-11(9)13-10;;/h3-4,8,12H,5-7H2,1-2H3;2*1H. The normalized spacial score (nSPS) is 13.9. The minimum absolute atomic E-state index is 0. The summed E-state index contributed by atoms with van der Waals surface area (Å²) in [5.74, 6) is 1.27. The number of nitrogens with zero attached hydrogens (tertiary/aromatic N) is 1. The van der Waals surface area contributed by atoms with Gasteiger partial charge in [0.25, 0.3) is 0 Å². The molecule has 1 aromatic heterocycles. The molecule has 0 saturated carbocycles. The summed E-state index contributed by atoms with van der Waals surface area (Å²) in [5.41, 5.74) is 2.26. The Bertz CT molecular complexity index is 332. The third-order valence-electron chi connectivity index (χ3n) is 2.39. The number of fused-ring (bicyclic) bond motifs is 1. The predicted molar refractivity (Wildman–Crippen MR) is 70.0 cm³/mol. The van der Waals surface area contributed by atoms with Crippen LogP contribution in [0.25, 0.3) is 0 Å². The van der Waals surface area contributed by atoms with Gasteiger partial charge in [0.05, 0.1) is 0 Å². The highest BCUT2D eigenvalue weighted by atomic mass is 35.5. The average molecular weight is 265 g/mol. The van der Waals surface area contributed by atoms with Crippen molar-refractivity contribution in [2.24, 2.45) is 0 Å². The first-order valence-corrected chi connectivity index (χ1v) is 5.10. The van der Waals surface area contributed by atoms with Gasteiger partial charge < -0.3 is 10.1 Å². The van der Waals surface area contributed by atoms with Crippen LogP contribution in [0.1, 0.15) is 31.0 Å². The highest BCUT2D eigenvalue weighted by molar-refractivity contribution is 5.85. The Morgan fingerprint density at radius 3 is 2.75 bits per heavy atom. The Labute approximate surface area is 109 Å². The number of hydrogen-bond donors (Lipinski definition) is 1. The quantitative estimate of drug-likeness (QED) is 0.847. The van der Waals surface area contributed by atoms with E-state index in [1.54, 1.807) is 0 Å². The Morgan fingerprint density at radius 1 is 1.31 bits per heavy atom. The zero-order valence-corrected chi connectivity index (χ0v) is 11.2. The minimum Gasteiger partial charge on any atom is -0.476 e. The number of halogens is 2. The van der Waals surface area contributed by atoms with E-state index < -0.39 is 0 Å². The second-order valence-corrected chi connectivity index (χ2v) is 3.88. The predicted octanol–water partition coefficient (Wildman–Crippen LogP) is 2.53. The van der Waals surface area contributed by atoms with Crippen molar-refractivity contribution in [2.75, 3.05) is 13.2 Å². The average Bonchev–Trinajstić information content (AvgIpc) is 2.41. The van der Waals surface area contributed by atoms with E-state index in [1.165, 1.54) is 0 Å². The molecule has 0 bridgehead atoms. The lowest BCUT2D eigenvalue weighted by molar-refractivity contribution is 0.312. The van der Waals surface area contributed by atoms with Crippen molar-refractivity contribution in [1.29, 1.82) is 0 Å². The summed E-state index contributed by atoms with van der Waals surface area (Å²) >= 11 is 0. The number of nitrogens with one attached hydrogen (secondary N) is 1. The van der Waals surface area contributed by atoms with Crippen molar-refractivity contribution in [3.8, 4) is 5.88 Å². The summed E-state index contributed by atoms with van der Waals surface area (Å²) in [4.78, 5) is 4.51. The molecule has 2 heterocycles. The summed E-state index contributed by atoms with van der Waals surface area (Å²) in [5, 5.41) is 3.29. The maximum Gasteiger partial charge on any atom is 0.218 e. The molecule has 0 spiro atoms. The lowest BCUT2D eigenvalue weighted by atomic mass is 10.1. The molecule has 0 saturated heterocycles. The van der Waals surface area contributed by atoms with Gasteiger partial charge in [-0.2, -0.15) is 0 Å². The molecule has 3 nitrogen and oxygen atoms in total. The molecule has 0 amide bonds. The smallest absolute Gasteiger partial charge is 0.218 e. The van der Waals surface area contributed by atoms with Crippen LogP contribution in [-0.2, 0) is 6.54 Å². The van der Waals surface area contributed by atoms with Crippen LogP contribution in [0, 0.1) is 0 Å². The van der Waals surface area contributed by atoms with Gasteiger partial charge in [-0.25, -0.2) is 4.98 Å². The van der Waals surface area contributed by atoms with E-state index >= 15 is 0 Å². The molecule has 0 unspecified atom stereocenters. The lowest BCUT2D eigenvalue weighted by Gasteiger charge is -2.09. The molecule has 2 rings (SSSR count). The zero-order chi connectivity index (χ0) is 9.97. The molecule has 1 aliphatic rings. The number of rotatable bonds is 1. The second kappa shape index (κ2) is 6.94. The van der Waals surface area contributed by atoms with Crippen LogP contribution >= 0.6 is 24.8 Å². The first kappa shape index (κ1) is 15.5. The molecule has 1 aliphatic heterocycles. The molecular formula is C11H18Cl2N2O. The molecule has 0 atom stereocenters. The molecule has 0 fully saturated rings. The summed E-state index contributed by atoms with van der Waals surface area (Å²) in [7, 11) is 0. The molecule has 16 heavy (non-hydrogen) atoms. The number of pyridine rings is 1. The van der Waals surface area contributed by atoms with Crippen LogP contribution in [0.3, 0.4) is 0 Å². The van der Waals surface area contributed by atoms with Gasteiger partial charge in [0.1, 0.15) is 6.61 Å². The summed E-state index contributed by atoms with van der Waals surface area (Å²) in [6.07, 6.45) is 0. The highest BCUT2D eigenvalue weighted by Gasteiger charge is 2.11. The van der Waals surface area contributed by atoms with Gasteiger partial charge in [0.15, 0.2) is 0 Å². The van der Waals surface area contributed by atoms with Crippen LogP contribution in [0.2, 0.25) is 0 Å². The fourth-order valence-electron chi connectivity index (χ4n) is 1.51. The van der Waals surface area contributed by atoms with Crippen LogP contribution in [0.4, 0.5) is 0 Å². The molecule has 1 aromatic rings. The molecular weight excluding hydrogens is 247 g/mol. The van der Waals surface area contributed by atoms with Gasteiger partial charge >= 0.3 is 0 Å². The van der Waals surface area contributed by atoms with E-state index in [0.29, 0.717) is 12.5 Å². The minimum atomic E-state index is 0. The molecule has 0 aliphatic carbocycles. The van der Waals surface area contributed by atoms with Crippen molar-refractivity contribution < 1.29 is 4.74 Å². The van der Waals surface area contributed by atoms with E-state index in [1.807, 2.05) is 0 Å². The van der Waals surface area contributed by atoms with E-state index in [2.05, 4.69) is 36.3 Å². The van der Waals surface area contributed by atoms with E-state index in [9.17, 15) is 0 Å². The van der Waals surface area contributed by atoms with E-state index in [4.69, 9.17) is 4.74 Å². The Balaban J connectivity index is 0.00000112. The van der Waals surface area contributed by atoms with E-state index in [0.717, 1.165) is 30.2 Å². The number of ether oxygens (including phenoxy) is 1. The van der Waals surface area contributed by atoms with Gasteiger partial charge in [-0.3, -0.25) is 0 Å². The van der Waals surface area contributed by atoms with Crippen molar-refractivity contribution in [2.45, 2.75) is 26.3 Å². The van der Waals surface area contributed by atoms with Crippen LogP contribution in [0.5, 0.6) is 5.88 Å². The Kier molecular flexibility index (Phi) is 6.72. The topological polar surface area (TPSA) is 34.1 Å². The molecule has 0 radical (unpaired) electrons. The number of aromatic nitrogens is 1. The Morgan fingerprint density at radius 2 is 2.06 bits per heavy atom. The maximum atomic E-state index is 5.57. The van der Waals surface area contributed by atoms with Crippen molar-refractivity contribution in [3.05, 3.63) is 23.4 Å². The van der Waals surface area contributed by atoms with Crippen LogP contribution < -0.4 is 10.1 Å². The Hall–Kier alpha value is -0.510. The monoisotopic (exact) mass is 264 g/mol.